The molecular formula is C21H21Br2N3O6. The summed E-state index contributed by atoms with van der Waals surface area (Å²) >= 11 is 7.26. The number of carbonyl (C=O) groups is 5. The van der Waals surface area contributed by atoms with E-state index in [2.05, 4.69) is 42.7 Å². The normalized spacial score (nSPS) is 30.2. The Morgan fingerprint density at radius 1 is 0.969 bits per heavy atom. The van der Waals surface area contributed by atoms with Gasteiger partial charge < -0.3 is 4.74 Å². The zero-order valence-electron chi connectivity index (χ0n) is 16.8. The highest BCUT2D eigenvalue weighted by Crippen LogP contribution is 2.60. The number of imide groups is 1. The summed E-state index contributed by atoms with van der Waals surface area (Å²) < 4.78 is 4.89. The fraction of sp³-hybridized carbons (Fsp3) is 0.476. The van der Waals surface area contributed by atoms with Gasteiger partial charge in [0.1, 0.15) is 0 Å². The summed E-state index contributed by atoms with van der Waals surface area (Å²) in [5, 5.41) is 0. The molecule has 1 saturated heterocycles. The van der Waals surface area contributed by atoms with Gasteiger partial charge in [-0.15, -0.1) is 0 Å². The highest BCUT2D eigenvalue weighted by atomic mass is 79.9. The number of rotatable bonds is 6. The predicted molar refractivity (Wildman–Crippen MR) is 118 cm³/mol. The molecule has 1 aromatic carbocycles. The van der Waals surface area contributed by atoms with Crippen molar-refractivity contribution in [2.24, 2.45) is 23.7 Å². The molecule has 3 aliphatic rings. The van der Waals surface area contributed by atoms with E-state index in [0.717, 1.165) is 11.3 Å². The number of benzene rings is 1. The molecule has 3 fully saturated rings. The molecule has 4 rings (SSSR count). The third kappa shape index (κ3) is 4.19. The molecule has 1 aromatic rings. The number of hydrogen-bond donors (Lipinski definition) is 2. The minimum atomic E-state index is -0.716. The van der Waals surface area contributed by atoms with Crippen LogP contribution in [-0.2, 0) is 23.9 Å². The standard InChI is InChI=1S/C21H21Br2N3O6/c22-17-11-8-12(18(17)23)16-15(11)20(30)26(21(16)31)7-6-14(28)32-9-13(27)24-25-19(29)10-4-2-1-3-5-10/h1-5,11-12,15-18H,6-9H2,(H,24,27)(H,25,29)/t11-,12-,15-,16-,17+,18+/m1/s1. The third-order valence-electron chi connectivity index (χ3n) is 6.33. The minimum absolute atomic E-state index is 0.0742. The second kappa shape index (κ2) is 9.30. The Morgan fingerprint density at radius 2 is 1.56 bits per heavy atom. The topological polar surface area (TPSA) is 122 Å². The van der Waals surface area contributed by atoms with Crippen molar-refractivity contribution in [3.05, 3.63) is 35.9 Å². The Labute approximate surface area is 200 Å². The van der Waals surface area contributed by atoms with Gasteiger partial charge in [0.05, 0.1) is 18.3 Å². The van der Waals surface area contributed by atoms with Crippen molar-refractivity contribution in [3.8, 4) is 0 Å². The van der Waals surface area contributed by atoms with Gasteiger partial charge in [0.15, 0.2) is 6.61 Å². The number of hydrazine groups is 1. The summed E-state index contributed by atoms with van der Waals surface area (Å²) in [4.78, 5) is 62.7. The molecule has 1 aliphatic heterocycles. The van der Waals surface area contributed by atoms with Gasteiger partial charge in [0.25, 0.3) is 11.8 Å². The maximum absolute atomic E-state index is 12.8. The molecule has 2 bridgehead atoms. The number of carbonyl (C=O) groups excluding carboxylic acids is 5. The van der Waals surface area contributed by atoms with Crippen LogP contribution in [0.5, 0.6) is 0 Å². The van der Waals surface area contributed by atoms with Crippen LogP contribution in [0.15, 0.2) is 30.3 Å². The van der Waals surface area contributed by atoms with E-state index in [9.17, 15) is 24.0 Å². The average molecular weight is 571 g/mol. The first-order valence-corrected chi connectivity index (χ1v) is 12.1. The third-order valence-corrected chi connectivity index (χ3v) is 9.54. The number of nitrogens with zero attached hydrogens (tertiary/aromatic N) is 1. The van der Waals surface area contributed by atoms with Crippen molar-refractivity contribution in [3.63, 3.8) is 0 Å². The highest BCUT2D eigenvalue weighted by molar-refractivity contribution is 9.12. The lowest BCUT2D eigenvalue weighted by Crippen LogP contribution is -2.43. The largest absolute Gasteiger partial charge is 0.455 e. The van der Waals surface area contributed by atoms with Crippen LogP contribution in [0.2, 0.25) is 0 Å². The molecule has 6 atom stereocenters. The van der Waals surface area contributed by atoms with Crippen molar-refractivity contribution >= 4 is 61.5 Å². The molecule has 0 aromatic heterocycles. The molecule has 4 amide bonds. The van der Waals surface area contributed by atoms with Crippen molar-refractivity contribution in [1.82, 2.24) is 15.8 Å². The Morgan fingerprint density at radius 3 is 2.16 bits per heavy atom. The number of nitrogens with one attached hydrogen (secondary N) is 2. The van der Waals surface area contributed by atoms with Gasteiger partial charge in [-0.3, -0.25) is 39.7 Å². The molecule has 170 valence electrons. The van der Waals surface area contributed by atoms with Crippen molar-refractivity contribution in [1.29, 1.82) is 0 Å². The lowest BCUT2D eigenvalue weighted by Gasteiger charge is -2.28. The van der Waals surface area contributed by atoms with Crippen LogP contribution in [0.25, 0.3) is 0 Å². The van der Waals surface area contributed by atoms with E-state index in [0.29, 0.717) is 5.56 Å². The molecule has 2 N–H and O–H groups in total. The molecule has 11 heteroatoms. The first-order valence-electron chi connectivity index (χ1n) is 10.2. The second-order valence-electron chi connectivity index (χ2n) is 8.11. The van der Waals surface area contributed by atoms with Crippen LogP contribution in [0.1, 0.15) is 23.2 Å². The number of halogens is 2. The van der Waals surface area contributed by atoms with Crippen LogP contribution in [0, 0.1) is 23.7 Å². The first kappa shape index (κ1) is 22.9. The van der Waals surface area contributed by atoms with E-state index in [1.54, 1.807) is 30.3 Å². The molecule has 2 saturated carbocycles. The number of esters is 1. The van der Waals surface area contributed by atoms with Crippen LogP contribution >= 0.6 is 31.9 Å². The van der Waals surface area contributed by atoms with Gasteiger partial charge in [0.2, 0.25) is 11.8 Å². The van der Waals surface area contributed by atoms with Crippen LogP contribution in [0.4, 0.5) is 0 Å². The summed E-state index contributed by atoms with van der Waals surface area (Å²) in [6.07, 6.45) is 0.635. The average Bonchev–Trinajstić information content (AvgIpc) is 3.40. The zero-order valence-corrected chi connectivity index (χ0v) is 20.0. The summed E-state index contributed by atoms with van der Waals surface area (Å²) in [6.45, 7) is -0.670. The van der Waals surface area contributed by atoms with E-state index in [4.69, 9.17) is 4.74 Å². The molecule has 0 spiro atoms. The number of amides is 4. The molecule has 0 unspecified atom stereocenters. The fourth-order valence-electron chi connectivity index (χ4n) is 4.88. The van der Waals surface area contributed by atoms with Gasteiger partial charge in [-0.25, -0.2) is 0 Å². The van der Waals surface area contributed by atoms with Crippen LogP contribution in [0.3, 0.4) is 0 Å². The molecule has 0 radical (unpaired) electrons. The van der Waals surface area contributed by atoms with Gasteiger partial charge in [0, 0.05) is 21.8 Å². The smallest absolute Gasteiger partial charge is 0.308 e. The summed E-state index contributed by atoms with van der Waals surface area (Å²) in [6, 6.07) is 8.29. The summed E-state index contributed by atoms with van der Waals surface area (Å²) in [7, 11) is 0. The lowest BCUT2D eigenvalue weighted by molar-refractivity contribution is -0.150. The number of alkyl halides is 2. The minimum Gasteiger partial charge on any atom is -0.455 e. The Hall–Kier alpha value is -2.27. The zero-order chi connectivity index (χ0) is 23.0. The Bertz CT molecular complexity index is 926. The molecule has 9 nitrogen and oxygen atoms in total. The fourth-order valence-corrected chi connectivity index (χ4v) is 6.75. The Balaban J connectivity index is 1.20. The van der Waals surface area contributed by atoms with Crippen molar-refractivity contribution < 1.29 is 28.7 Å². The van der Waals surface area contributed by atoms with Gasteiger partial charge in [-0.2, -0.15) is 0 Å². The molecule has 1 heterocycles. The van der Waals surface area contributed by atoms with Gasteiger partial charge in [-0.05, 0) is 30.4 Å². The van der Waals surface area contributed by atoms with Gasteiger partial charge in [-0.1, -0.05) is 50.1 Å². The van der Waals surface area contributed by atoms with Crippen molar-refractivity contribution in [2.75, 3.05) is 13.2 Å². The molecular weight excluding hydrogens is 550 g/mol. The van der Waals surface area contributed by atoms with Crippen LogP contribution < -0.4 is 10.9 Å². The molecule has 2 aliphatic carbocycles. The molecule has 32 heavy (non-hydrogen) atoms. The number of likely N-dealkylation sites (tertiary alicyclic amines) is 1. The van der Waals surface area contributed by atoms with E-state index in [-0.39, 0.29) is 58.1 Å². The van der Waals surface area contributed by atoms with Crippen LogP contribution in [-0.4, -0.2) is 57.3 Å². The lowest BCUT2D eigenvalue weighted by atomic mass is 9.81. The predicted octanol–water partition coefficient (Wildman–Crippen LogP) is 1.16. The quantitative estimate of drug-likeness (QED) is 0.229. The number of fused-ring (bicyclic) bond motifs is 5. The maximum atomic E-state index is 12.8. The van der Waals surface area contributed by atoms with Crippen molar-refractivity contribution in [2.45, 2.75) is 22.5 Å². The van der Waals surface area contributed by atoms with E-state index in [1.807, 2.05) is 0 Å². The summed E-state index contributed by atoms with van der Waals surface area (Å²) in [5.74, 6) is -2.85. The van der Waals surface area contributed by atoms with E-state index in [1.165, 1.54) is 0 Å². The number of hydrogen-bond acceptors (Lipinski definition) is 6. The Kier molecular flexibility index (Phi) is 6.66. The summed E-state index contributed by atoms with van der Waals surface area (Å²) in [5.41, 5.74) is 4.74. The second-order valence-corrected chi connectivity index (χ2v) is 10.2. The van der Waals surface area contributed by atoms with Gasteiger partial charge >= 0.3 is 5.97 Å². The highest BCUT2D eigenvalue weighted by Gasteiger charge is 2.66. The maximum Gasteiger partial charge on any atom is 0.308 e. The number of ether oxygens (including phenoxy) is 1. The van der Waals surface area contributed by atoms with E-state index < -0.39 is 24.4 Å². The van der Waals surface area contributed by atoms with E-state index >= 15 is 0 Å². The monoisotopic (exact) mass is 569 g/mol. The first-order chi connectivity index (χ1) is 15.3. The SMILES string of the molecule is O=C(COC(=O)CCN1C(=O)[C@@H]2[C@H]3C[C@@H]([C@H](Br)[C@H]3Br)[C@H]2C1=O)NNC(=O)c1ccccc1.